The van der Waals surface area contributed by atoms with E-state index in [1.807, 2.05) is 24.3 Å². The molecular weight excluding hydrogens is 341 g/mol. The first-order valence-corrected chi connectivity index (χ1v) is 8.40. The van der Waals surface area contributed by atoms with E-state index in [2.05, 4.69) is 4.99 Å². The van der Waals surface area contributed by atoms with Crippen molar-refractivity contribution >= 4 is 23.8 Å². The highest BCUT2D eigenvalue weighted by atomic mass is 19.1. The van der Waals surface area contributed by atoms with Crippen molar-refractivity contribution in [2.24, 2.45) is 4.99 Å². The second-order valence-electron chi connectivity index (χ2n) is 5.83. The number of carbonyl (C=O) groups excluding carboxylic acids is 1. The van der Waals surface area contributed by atoms with Crippen LogP contribution in [0.15, 0.2) is 83.9 Å². The number of ketones is 1. The van der Waals surface area contributed by atoms with Gasteiger partial charge in [-0.15, -0.1) is 0 Å². The van der Waals surface area contributed by atoms with Gasteiger partial charge in [-0.25, -0.2) is 4.39 Å². The number of methoxy groups -OCH3 is 1. The summed E-state index contributed by atoms with van der Waals surface area (Å²) in [5.74, 6) is 0.373. The molecule has 3 rings (SSSR count). The molecule has 0 heterocycles. The third kappa shape index (κ3) is 5.22. The van der Waals surface area contributed by atoms with Gasteiger partial charge in [0.15, 0.2) is 5.78 Å². The highest BCUT2D eigenvalue weighted by Crippen LogP contribution is 2.16. The lowest BCUT2D eigenvalue weighted by molar-refractivity contribution is 0.104. The second kappa shape index (κ2) is 8.72. The van der Waals surface area contributed by atoms with E-state index in [0.717, 1.165) is 22.6 Å². The van der Waals surface area contributed by atoms with Crippen molar-refractivity contribution in [1.29, 1.82) is 0 Å². The number of nitrogens with zero attached hydrogens (tertiary/aromatic N) is 1. The van der Waals surface area contributed by atoms with Crippen molar-refractivity contribution in [3.63, 3.8) is 0 Å². The van der Waals surface area contributed by atoms with E-state index < -0.39 is 0 Å². The van der Waals surface area contributed by atoms with Gasteiger partial charge in [0.1, 0.15) is 11.6 Å². The van der Waals surface area contributed by atoms with E-state index in [-0.39, 0.29) is 11.6 Å². The minimum atomic E-state index is -0.302. The van der Waals surface area contributed by atoms with Crippen LogP contribution in [0.2, 0.25) is 0 Å². The summed E-state index contributed by atoms with van der Waals surface area (Å²) in [6, 6.07) is 20.6. The summed E-state index contributed by atoms with van der Waals surface area (Å²) in [6.45, 7) is 0. The Bertz CT molecular complexity index is 957. The molecule has 0 N–H and O–H groups in total. The smallest absolute Gasteiger partial charge is 0.185 e. The average Bonchev–Trinajstić information content (AvgIpc) is 2.72. The van der Waals surface area contributed by atoms with Gasteiger partial charge in [-0.05, 0) is 77.9 Å². The molecule has 134 valence electrons. The Morgan fingerprint density at radius 1 is 0.889 bits per heavy atom. The Labute approximate surface area is 157 Å². The van der Waals surface area contributed by atoms with E-state index in [4.69, 9.17) is 4.74 Å². The molecule has 0 radical (unpaired) electrons. The van der Waals surface area contributed by atoms with Crippen molar-refractivity contribution < 1.29 is 13.9 Å². The van der Waals surface area contributed by atoms with E-state index in [1.54, 1.807) is 55.8 Å². The molecular formula is C23H18FNO2. The average molecular weight is 359 g/mol. The van der Waals surface area contributed by atoms with Crippen LogP contribution in [0.4, 0.5) is 10.1 Å². The van der Waals surface area contributed by atoms with Gasteiger partial charge < -0.3 is 4.74 Å². The third-order valence-corrected chi connectivity index (χ3v) is 3.93. The van der Waals surface area contributed by atoms with Gasteiger partial charge in [0.2, 0.25) is 0 Å². The Morgan fingerprint density at radius 2 is 1.52 bits per heavy atom. The van der Waals surface area contributed by atoms with Crippen LogP contribution < -0.4 is 4.74 Å². The predicted octanol–water partition coefficient (Wildman–Crippen LogP) is 5.48. The molecule has 0 saturated carbocycles. The Kier molecular flexibility index (Phi) is 5.90. The van der Waals surface area contributed by atoms with Gasteiger partial charge in [-0.3, -0.25) is 9.79 Å². The molecule has 0 spiro atoms. The summed E-state index contributed by atoms with van der Waals surface area (Å²) in [5.41, 5.74) is 3.05. The molecule has 3 nitrogen and oxygen atoms in total. The predicted molar refractivity (Wildman–Crippen MR) is 106 cm³/mol. The zero-order valence-electron chi connectivity index (χ0n) is 14.8. The molecule has 0 aliphatic heterocycles. The van der Waals surface area contributed by atoms with Gasteiger partial charge in [-0.1, -0.05) is 18.2 Å². The van der Waals surface area contributed by atoms with Gasteiger partial charge in [0, 0.05) is 11.8 Å². The lowest BCUT2D eigenvalue weighted by Crippen LogP contribution is -1.93. The second-order valence-corrected chi connectivity index (χ2v) is 5.83. The Morgan fingerprint density at radius 3 is 2.15 bits per heavy atom. The minimum absolute atomic E-state index is 0.120. The molecule has 4 heteroatoms. The van der Waals surface area contributed by atoms with Crippen molar-refractivity contribution in [1.82, 2.24) is 0 Å². The number of aliphatic imine (C=N–C) groups is 1. The zero-order valence-corrected chi connectivity index (χ0v) is 14.8. The molecule has 0 atom stereocenters. The quantitative estimate of drug-likeness (QED) is 0.332. The van der Waals surface area contributed by atoms with Crippen LogP contribution in [-0.2, 0) is 0 Å². The van der Waals surface area contributed by atoms with Gasteiger partial charge in [0.05, 0.1) is 12.8 Å². The number of hydrogen-bond acceptors (Lipinski definition) is 3. The maximum Gasteiger partial charge on any atom is 0.185 e. The molecule has 0 saturated heterocycles. The molecule has 27 heavy (non-hydrogen) atoms. The molecule has 0 fully saturated rings. The number of rotatable bonds is 6. The molecule has 0 unspecified atom stereocenters. The maximum atomic E-state index is 12.9. The monoisotopic (exact) mass is 359 g/mol. The third-order valence-electron chi connectivity index (χ3n) is 3.93. The van der Waals surface area contributed by atoms with Crippen LogP contribution in [-0.4, -0.2) is 19.1 Å². The summed E-state index contributed by atoms with van der Waals surface area (Å²) in [4.78, 5) is 16.6. The number of hydrogen-bond donors (Lipinski definition) is 0. The fourth-order valence-electron chi connectivity index (χ4n) is 2.39. The van der Waals surface area contributed by atoms with Crippen molar-refractivity contribution in [2.75, 3.05) is 7.11 Å². The van der Waals surface area contributed by atoms with Crippen molar-refractivity contribution in [3.8, 4) is 5.75 Å². The van der Waals surface area contributed by atoms with Crippen LogP contribution in [0.25, 0.3) is 6.08 Å². The number of halogens is 1. The lowest BCUT2D eigenvalue weighted by Gasteiger charge is -2.00. The van der Waals surface area contributed by atoms with Crippen molar-refractivity contribution in [2.45, 2.75) is 0 Å². The first-order valence-electron chi connectivity index (χ1n) is 8.40. The highest BCUT2D eigenvalue weighted by molar-refractivity contribution is 6.07. The lowest BCUT2D eigenvalue weighted by atomic mass is 10.1. The SMILES string of the molecule is COc1ccc(C=Nc2ccc(C(=O)/C=C/c3ccc(F)cc3)cc2)cc1. The largest absolute Gasteiger partial charge is 0.497 e. The fraction of sp³-hybridized carbons (Fsp3) is 0.0435. The molecule has 0 bridgehead atoms. The number of ether oxygens (including phenoxy) is 1. The number of carbonyl (C=O) groups is 1. The molecule has 3 aromatic rings. The number of benzene rings is 3. The molecule has 0 amide bonds. The molecule has 0 aliphatic rings. The summed E-state index contributed by atoms with van der Waals surface area (Å²) in [7, 11) is 1.63. The van der Waals surface area contributed by atoms with Crippen LogP contribution in [0.3, 0.4) is 0 Å². The van der Waals surface area contributed by atoms with Gasteiger partial charge >= 0.3 is 0 Å². The summed E-state index contributed by atoms with van der Waals surface area (Å²) in [5, 5.41) is 0. The standard InChI is InChI=1S/C23H18FNO2/c1-27-22-13-4-18(5-14-22)16-25-21-11-7-19(8-12-21)23(26)15-6-17-2-9-20(24)10-3-17/h2-16H,1H3/b15-6+,25-16?. The molecule has 0 aliphatic carbocycles. The molecule has 3 aromatic carbocycles. The van der Waals surface area contributed by atoms with E-state index >= 15 is 0 Å². The normalized spacial score (nSPS) is 11.2. The van der Waals surface area contributed by atoms with Gasteiger partial charge in [0.25, 0.3) is 0 Å². The number of allylic oxidation sites excluding steroid dienone is 1. The van der Waals surface area contributed by atoms with Crippen LogP contribution in [0.5, 0.6) is 5.75 Å². The summed E-state index contributed by atoms with van der Waals surface area (Å²) < 4.78 is 18.0. The van der Waals surface area contributed by atoms with Crippen LogP contribution >= 0.6 is 0 Å². The summed E-state index contributed by atoms with van der Waals surface area (Å²) in [6.07, 6.45) is 4.89. The minimum Gasteiger partial charge on any atom is -0.497 e. The molecule has 0 aromatic heterocycles. The first kappa shape index (κ1) is 18.3. The topological polar surface area (TPSA) is 38.7 Å². The van der Waals surface area contributed by atoms with E-state index in [0.29, 0.717) is 5.56 Å². The highest BCUT2D eigenvalue weighted by Gasteiger charge is 2.01. The Hall–Kier alpha value is -3.53. The Balaban J connectivity index is 1.64. The maximum absolute atomic E-state index is 12.9. The van der Waals surface area contributed by atoms with Crippen LogP contribution in [0.1, 0.15) is 21.5 Å². The fourth-order valence-corrected chi connectivity index (χ4v) is 2.39. The zero-order chi connectivity index (χ0) is 19.1. The van der Waals surface area contributed by atoms with Crippen molar-refractivity contribution in [3.05, 3.63) is 101 Å². The van der Waals surface area contributed by atoms with Crippen LogP contribution in [0, 0.1) is 5.82 Å². The summed E-state index contributed by atoms with van der Waals surface area (Å²) >= 11 is 0. The first-order chi connectivity index (χ1) is 13.1. The van der Waals surface area contributed by atoms with E-state index in [1.165, 1.54) is 18.2 Å². The van der Waals surface area contributed by atoms with Gasteiger partial charge in [-0.2, -0.15) is 0 Å². The van der Waals surface area contributed by atoms with E-state index in [9.17, 15) is 9.18 Å².